The molecule has 2 bridgehead atoms. The second-order valence-corrected chi connectivity index (χ2v) is 3.32. The smallest absolute Gasteiger partial charge is 0.143 e. The Labute approximate surface area is 52.2 Å². The second kappa shape index (κ2) is 0.877. The van der Waals surface area contributed by atoms with Crippen molar-refractivity contribution >= 4 is 11.6 Å². The molecule has 0 atom stereocenters. The topological polar surface area (TPSA) is 34.1 Å². The summed E-state index contributed by atoms with van der Waals surface area (Å²) in [4.78, 5) is 21.7. The molecule has 9 heavy (non-hydrogen) atoms. The van der Waals surface area contributed by atoms with Crippen molar-refractivity contribution in [3.8, 4) is 0 Å². The highest BCUT2D eigenvalue weighted by molar-refractivity contribution is 6.11. The second-order valence-electron chi connectivity index (χ2n) is 3.32. The van der Waals surface area contributed by atoms with Crippen LogP contribution in [0.1, 0.15) is 6.42 Å². The van der Waals surface area contributed by atoms with Gasteiger partial charge in [-0.3, -0.25) is 9.59 Å². The molecule has 4 rings (SSSR count). The van der Waals surface area contributed by atoms with Crippen LogP contribution in [0.3, 0.4) is 0 Å². The summed E-state index contributed by atoms with van der Waals surface area (Å²) in [5, 5.41) is 0. The zero-order valence-electron chi connectivity index (χ0n) is 4.83. The van der Waals surface area contributed by atoms with Crippen LogP contribution < -0.4 is 0 Å². The van der Waals surface area contributed by atoms with Crippen molar-refractivity contribution in [2.75, 3.05) is 0 Å². The Morgan fingerprint density at radius 1 is 1.00 bits per heavy atom. The van der Waals surface area contributed by atoms with Gasteiger partial charge in [0, 0.05) is 11.8 Å². The molecule has 4 aliphatic rings. The van der Waals surface area contributed by atoms with E-state index in [9.17, 15) is 9.59 Å². The molecule has 0 spiro atoms. The van der Waals surface area contributed by atoms with Gasteiger partial charge in [0.1, 0.15) is 11.6 Å². The molecule has 0 aromatic heterocycles. The zero-order valence-corrected chi connectivity index (χ0v) is 4.83. The summed E-state index contributed by atoms with van der Waals surface area (Å²) in [5.41, 5.74) is 0. The van der Waals surface area contributed by atoms with Crippen LogP contribution in [0.5, 0.6) is 0 Å². The SMILES string of the molecule is O=C1CC(=O)C2C3C1C23. The van der Waals surface area contributed by atoms with Crippen molar-refractivity contribution in [1.82, 2.24) is 0 Å². The van der Waals surface area contributed by atoms with Crippen LogP contribution in [0.15, 0.2) is 0 Å². The number of hydrogen-bond donors (Lipinski definition) is 0. The van der Waals surface area contributed by atoms with Gasteiger partial charge in [0.25, 0.3) is 0 Å². The van der Waals surface area contributed by atoms with Gasteiger partial charge in [-0.05, 0) is 11.8 Å². The Balaban J connectivity index is 2.03. The van der Waals surface area contributed by atoms with E-state index >= 15 is 0 Å². The quantitative estimate of drug-likeness (QED) is 0.424. The number of carbonyl (C=O) groups is 2. The number of ketones is 2. The minimum Gasteiger partial charge on any atom is -0.299 e. The van der Waals surface area contributed by atoms with Crippen molar-refractivity contribution in [3.63, 3.8) is 0 Å². The molecule has 0 N–H and O–H groups in total. The standard InChI is InChI=1S/C7H6O2/c8-2-1-3(9)5-6-4(2)7(5)6/h4-7H,1H2. The first-order chi connectivity index (χ1) is 4.30. The van der Waals surface area contributed by atoms with Gasteiger partial charge >= 0.3 is 0 Å². The number of hydrogen-bond acceptors (Lipinski definition) is 2. The Hall–Kier alpha value is -0.660. The molecule has 0 amide bonds. The molecule has 0 radical (unpaired) electrons. The maximum atomic E-state index is 10.8. The Bertz CT molecular complexity index is 199. The fourth-order valence-corrected chi connectivity index (χ4v) is 2.29. The molecule has 0 unspecified atom stereocenters. The van der Waals surface area contributed by atoms with Crippen molar-refractivity contribution in [3.05, 3.63) is 0 Å². The highest BCUT2D eigenvalue weighted by atomic mass is 16.2. The monoisotopic (exact) mass is 122 g/mol. The summed E-state index contributed by atoms with van der Waals surface area (Å²) in [5.74, 6) is 2.23. The lowest BCUT2D eigenvalue weighted by molar-refractivity contribution is -0.134. The van der Waals surface area contributed by atoms with Gasteiger partial charge in [-0.25, -0.2) is 0 Å². The first-order valence-electron chi connectivity index (χ1n) is 3.36. The molecule has 46 valence electrons. The minimum atomic E-state index is 0.220. The normalized spacial score (nSPS) is 59.1. The van der Waals surface area contributed by atoms with E-state index in [0.29, 0.717) is 23.7 Å². The first-order valence-corrected chi connectivity index (χ1v) is 3.36. The van der Waals surface area contributed by atoms with Crippen LogP contribution in [-0.2, 0) is 9.59 Å². The minimum absolute atomic E-state index is 0.220. The average molecular weight is 122 g/mol. The van der Waals surface area contributed by atoms with Crippen LogP contribution in [0.4, 0.5) is 0 Å². The third kappa shape index (κ3) is 0.280. The predicted octanol–water partition coefficient (Wildman–Crippen LogP) is 0.0203. The van der Waals surface area contributed by atoms with E-state index < -0.39 is 0 Å². The van der Waals surface area contributed by atoms with Crippen LogP contribution in [0.2, 0.25) is 0 Å². The van der Waals surface area contributed by atoms with E-state index in [1.165, 1.54) is 0 Å². The average Bonchev–Trinajstić information content (AvgIpc) is 2.41. The van der Waals surface area contributed by atoms with Gasteiger partial charge in [0.05, 0.1) is 6.42 Å². The van der Waals surface area contributed by atoms with E-state index in [2.05, 4.69) is 0 Å². The Morgan fingerprint density at radius 2 is 1.44 bits per heavy atom. The Morgan fingerprint density at radius 3 is 1.78 bits per heavy atom. The van der Waals surface area contributed by atoms with E-state index in [-0.39, 0.29) is 18.0 Å². The summed E-state index contributed by atoms with van der Waals surface area (Å²) >= 11 is 0. The highest BCUT2D eigenvalue weighted by Gasteiger charge is 2.80. The molecular weight excluding hydrogens is 116 g/mol. The lowest BCUT2D eigenvalue weighted by Crippen LogP contribution is -2.28. The zero-order chi connectivity index (χ0) is 6.17. The van der Waals surface area contributed by atoms with E-state index in [1.807, 2.05) is 0 Å². The lowest BCUT2D eigenvalue weighted by atomic mass is 9.86. The largest absolute Gasteiger partial charge is 0.299 e. The number of carbonyl (C=O) groups excluding carboxylic acids is 2. The van der Waals surface area contributed by atoms with Crippen LogP contribution in [0.25, 0.3) is 0 Å². The molecule has 0 saturated heterocycles. The maximum Gasteiger partial charge on any atom is 0.143 e. The molecular formula is C7H6O2. The molecule has 0 aromatic carbocycles. The van der Waals surface area contributed by atoms with Crippen molar-refractivity contribution in [2.45, 2.75) is 6.42 Å². The summed E-state index contributed by atoms with van der Waals surface area (Å²) in [6.07, 6.45) is 0.252. The van der Waals surface area contributed by atoms with Gasteiger partial charge in [-0.2, -0.15) is 0 Å². The van der Waals surface area contributed by atoms with Crippen molar-refractivity contribution < 1.29 is 9.59 Å². The molecule has 2 nitrogen and oxygen atoms in total. The summed E-state index contributed by atoms with van der Waals surface area (Å²) in [7, 11) is 0. The predicted molar refractivity (Wildman–Crippen MR) is 28.6 cm³/mol. The number of fused-ring (bicyclic) bond motifs is 2. The first kappa shape index (κ1) is 4.20. The maximum absolute atomic E-state index is 10.8. The van der Waals surface area contributed by atoms with Gasteiger partial charge in [-0.1, -0.05) is 0 Å². The summed E-state index contributed by atoms with van der Waals surface area (Å²) < 4.78 is 0. The van der Waals surface area contributed by atoms with E-state index in [0.717, 1.165) is 0 Å². The number of rotatable bonds is 0. The molecule has 4 aliphatic carbocycles. The fourth-order valence-electron chi connectivity index (χ4n) is 2.29. The highest BCUT2D eigenvalue weighted by Crippen LogP contribution is 2.76. The van der Waals surface area contributed by atoms with Gasteiger partial charge < -0.3 is 0 Å². The summed E-state index contributed by atoms with van der Waals surface area (Å²) in [6, 6.07) is 0. The van der Waals surface area contributed by atoms with Gasteiger partial charge in [-0.15, -0.1) is 0 Å². The molecule has 0 heterocycles. The fraction of sp³-hybridized carbons (Fsp3) is 0.714. The lowest BCUT2D eigenvalue weighted by Gasteiger charge is -2.15. The van der Waals surface area contributed by atoms with E-state index in [1.54, 1.807) is 0 Å². The molecule has 2 heteroatoms. The summed E-state index contributed by atoms with van der Waals surface area (Å²) in [6.45, 7) is 0. The number of Topliss-reactive ketones (excluding diaryl/α,β-unsaturated/α-hetero) is 2. The van der Waals surface area contributed by atoms with Crippen molar-refractivity contribution in [1.29, 1.82) is 0 Å². The van der Waals surface area contributed by atoms with Crippen LogP contribution >= 0.6 is 0 Å². The van der Waals surface area contributed by atoms with Gasteiger partial charge in [0.15, 0.2) is 0 Å². The van der Waals surface area contributed by atoms with Crippen molar-refractivity contribution in [2.24, 2.45) is 23.7 Å². The van der Waals surface area contributed by atoms with E-state index in [4.69, 9.17) is 0 Å². The van der Waals surface area contributed by atoms with Gasteiger partial charge in [0.2, 0.25) is 0 Å². The molecule has 0 aromatic rings. The molecule has 0 aliphatic heterocycles. The van der Waals surface area contributed by atoms with Crippen LogP contribution in [-0.4, -0.2) is 11.6 Å². The Kier molecular flexibility index (Phi) is 0.410. The third-order valence-electron chi connectivity index (χ3n) is 2.91. The molecule has 4 fully saturated rings. The molecule has 4 saturated carbocycles. The van der Waals surface area contributed by atoms with Crippen LogP contribution in [0, 0.1) is 23.7 Å². The third-order valence-corrected chi connectivity index (χ3v) is 2.91.